The van der Waals surface area contributed by atoms with Gasteiger partial charge in [-0.2, -0.15) is 0 Å². The van der Waals surface area contributed by atoms with Gasteiger partial charge in [0.1, 0.15) is 19.3 Å². The van der Waals surface area contributed by atoms with Gasteiger partial charge in [0, 0.05) is 12.8 Å². The number of quaternary nitrogens is 1. The van der Waals surface area contributed by atoms with Crippen molar-refractivity contribution in [3.63, 3.8) is 0 Å². The van der Waals surface area contributed by atoms with E-state index in [1.165, 1.54) is 154 Å². The zero-order chi connectivity index (χ0) is 54.3. The Balaban J connectivity index is 5.25. The van der Waals surface area contributed by atoms with Gasteiger partial charge < -0.3 is 28.5 Å². The molecular formula is C64H119N2O7P. The summed E-state index contributed by atoms with van der Waals surface area (Å²) in [7, 11) is 1.18. The molecular weight excluding hydrogens is 940 g/mol. The highest BCUT2D eigenvalue weighted by Crippen LogP contribution is 2.38. The number of amides is 1. The normalized spacial score (nSPS) is 14.1. The lowest BCUT2D eigenvalue weighted by Gasteiger charge is -2.30. The van der Waals surface area contributed by atoms with Crippen LogP contribution >= 0.6 is 7.82 Å². The van der Waals surface area contributed by atoms with Crippen molar-refractivity contribution in [1.82, 2.24) is 5.32 Å². The highest BCUT2D eigenvalue weighted by Gasteiger charge is 2.27. The standard InChI is InChI=1S/C64H119N2O7P/c1-7-10-13-16-19-22-25-28-30-31-32-33-34-35-37-39-42-45-48-51-54-57-64(68)73-62(55-52-49-46-43-40-27-24-21-18-15-12-9-3)61(60-72-74(69,70)71-59-58-66(4,5)6)65-63(67)56-53-50-47-44-41-38-36-29-26-23-20-17-14-11-8-2/h19,22-23,26,28,30,32-33,52,55,61-62H,7-18,20-21,24-25,27,29,31,34-51,53-54,56-60H2,1-6H3,(H-,65,67,69,70)/b22-19-,26-23-,30-28-,33-32-,55-52-. The van der Waals surface area contributed by atoms with Crippen molar-refractivity contribution in [3.8, 4) is 0 Å². The lowest BCUT2D eigenvalue weighted by molar-refractivity contribution is -0.870. The van der Waals surface area contributed by atoms with Crippen LogP contribution in [0.15, 0.2) is 60.8 Å². The van der Waals surface area contributed by atoms with Gasteiger partial charge in [-0.05, 0) is 96.0 Å². The number of carbonyl (C=O) groups is 2. The number of esters is 1. The molecule has 3 unspecified atom stereocenters. The summed E-state index contributed by atoms with van der Waals surface area (Å²) in [5.41, 5.74) is 0. The number of ether oxygens (including phenoxy) is 1. The minimum Gasteiger partial charge on any atom is -0.756 e. The van der Waals surface area contributed by atoms with E-state index in [9.17, 15) is 19.0 Å². The maximum Gasteiger partial charge on any atom is 0.306 e. The number of phosphoric acid groups is 1. The van der Waals surface area contributed by atoms with E-state index in [4.69, 9.17) is 13.8 Å². The number of carbonyl (C=O) groups excluding carboxylic acids is 2. The van der Waals surface area contributed by atoms with Crippen LogP contribution < -0.4 is 10.2 Å². The first kappa shape index (κ1) is 71.7. The van der Waals surface area contributed by atoms with Crippen molar-refractivity contribution in [2.75, 3.05) is 40.9 Å². The molecule has 0 saturated carbocycles. The van der Waals surface area contributed by atoms with E-state index in [2.05, 4.69) is 74.7 Å². The summed E-state index contributed by atoms with van der Waals surface area (Å²) in [6.07, 6.45) is 67.5. The first-order valence-electron chi connectivity index (χ1n) is 31.1. The molecule has 10 heteroatoms. The molecule has 0 spiro atoms. The molecule has 1 amide bonds. The average Bonchev–Trinajstić information content (AvgIpc) is 3.36. The topological polar surface area (TPSA) is 114 Å². The second-order valence-electron chi connectivity index (χ2n) is 22.2. The van der Waals surface area contributed by atoms with Gasteiger partial charge in [0.05, 0.1) is 33.8 Å². The summed E-state index contributed by atoms with van der Waals surface area (Å²) < 4.78 is 30.3. The van der Waals surface area contributed by atoms with Crippen LogP contribution in [0.25, 0.3) is 0 Å². The van der Waals surface area contributed by atoms with E-state index < -0.39 is 26.6 Å². The zero-order valence-electron chi connectivity index (χ0n) is 49.3. The Morgan fingerprint density at radius 1 is 0.473 bits per heavy atom. The molecule has 0 rings (SSSR count). The van der Waals surface area contributed by atoms with Crippen molar-refractivity contribution < 1.29 is 37.3 Å². The molecule has 0 aromatic rings. The molecule has 0 heterocycles. The second kappa shape index (κ2) is 54.1. The zero-order valence-corrected chi connectivity index (χ0v) is 50.2. The van der Waals surface area contributed by atoms with E-state index in [0.29, 0.717) is 17.4 Å². The molecule has 74 heavy (non-hydrogen) atoms. The number of unbranched alkanes of at least 4 members (excludes halogenated alkanes) is 32. The van der Waals surface area contributed by atoms with Crippen molar-refractivity contribution >= 4 is 19.7 Å². The molecule has 0 aromatic carbocycles. The Morgan fingerprint density at radius 2 is 0.824 bits per heavy atom. The summed E-state index contributed by atoms with van der Waals surface area (Å²) in [6.45, 7) is 6.81. The molecule has 0 aliphatic rings. The number of allylic oxidation sites excluding steroid dienone is 9. The molecule has 0 aromatic heterocycles. The lowest BCUT2D eigenvalue weighted by Crippen LogP contribution is -2.47. The van der Waals surface area contributed by atoms with Gasteiger partial charge in [-0.3, -0.25) is 14.2 Å². The number of likely N-dealkylation sites (N-methyl/N-ethyl adjacent to an activating group) is 1. The van der Waals surface area contributed by atoms with Crippen LogP contribution in [0, 0.1) is 0 Å². The van der Waals surface area contributed by atoms with Gasteiger partial charge in [0.25, 0.3) is 7.82 Å². The average molecular weight is 1060 g/mol. The van der Waals surface area contributed by atoms with Gasteiger partial charge in [0.15, 0.2) is 0 Å². The minimum absolute atomic E-state index is 0.0252. The van der Waals surface area contributed by atoms with Crippen molar-refractivity contribution in [1.29, 1.82) is 0 Å². The third-order valence-corrected chi connectivity index (χ3v) is 14.6. The van der Waals surface area contributed by atoms with E-state index in [1.807, 2.05) is 33.3 Å². The van der Waals surface area contributed by atoms with Crippen LogP contribution in [0.4, 0.5) is 0 Å². The fourth-order valence-electron chi connectivity index (χ4n) is 8.82. The van der Waals surface area contributed by atoms with Crippen LogP contribution in [0.3, 0.4) is 0 Å². The van der Waals surface area contributed by atoms with Gasteiger partial charge in [-0.1, -0.05) is 236 Å². The van der Waals surface area contributed by atoms with Crippen LogP contribution in [0.5, 0.6) is 0 Å². The molecule has 0 saturated heterocycles. The summed E-state index contributed by atoms with van der Waals surface area (Å²) in [5.74, 6) is -0.550. The van der Waals surface area contributed by atoms with Gasteiger partial charge in [0.2, 0.25) is 5.91 Å². The largest absolute Gasteiger partial charge is 0.756 e. The van der Waals surface area contributed by atoms with Crippen molar-refractivity contribution in [2.45, 2.75) is 296 Å². The smallest absolute Gasteiger partial charge is 0.306 e. The molecule has 0 radical (unpaired) electrons. The second-order valence-corrected chi connectivity index (χ2v) is 23.6. The quantitative estimate of drug-likeness (QED) is 0.0212. The van der Waals surface area contributed by atoms with Crippen LogP contribution in [-0.2, 0) is 27.9 Å². The predicted molar refractivity (Wildman–Crippen MR) is 316 cm³/mol. The Hall–Kier alpha value is -2.29. The summed E-state index contributed by atoms with van der Waals surface area (Å²) in [4.78, 5) is 40.0. The SMILES string of the molecule is CCCCC/C=C\C/C=C\C/C=C\CCCCCCCCCCC(=O)OC(/C=C\CCCCCCCCCCCC)C(COP(=O)([O-])OCC[N+](C)(C)C)NC(=O)CCCCCCCCC/C=C\CCCCCC. The molecule has 1 N–H and O–H groups in total. The molecule has 3 atom stereocenters. The third kappa shape index (κ3) is 54.5. The fourth-order valence-corrected chi connectivity index (χ4v) is 9.54. The number of hydrogen-bond acceptors (Lipinski definition) is 7. The fraction of sp³-hybridized carbons (Fsp3) is 0.812. The van der Waals surface area contributed by atoms with Gasteiger partial charge >= 0.3 is 5.97 Å². The van der Waals surface area contributed by atoms with E-state index in [1.54, 1.807) is 0 Å². The third-order valence-electron chi connectivity index (χ3n) is 13.7. The predicted octanol–water partition coefficient (Wildman–Crippen LogP) is 18.4. The summed E-state index contributed by atoms with van der Waals surface area (Å²) in [5, 5.41) is 3.02. The lowest BCUT2D eigenvalue weighted by atomic mass is 10.0. The van der Waals surface area contributed by atoms with Gasteiger partial charge in [-0.25, -0.2) is 0 Å². The van der Waals surface area contributed by atoms with E-state index in [-0.39, 0.29) is 24.9 Å². The van der Waals surface area contributed by atoms with Crippen LogP contribution in [0.1, 0.15) is 284 Å². The first-order valence-corrected chi connectivity index (χ1v) is 32.6. The molecule has 0 fully saturated rings. The Morgan fingerprint density at radius 3 is 1.28 bits per heavy atom. The van der Waals surface area contributed by atoms with E-state index >= 15 is 0 Å². The number of nitrogens with one attached hydrogen (secondary N) is 1. The molecule has 0 aliphatic carbocycles. The monoisotopic (exact) mass is 1060 g/mol. The minimum atomic E-state index is -4.70. The summed E-state index contributed by atoms with van der Waals surface area (Å²) in [6, 6.07) is -0.894. The number of nitrogens with zero attached hydrogens (tertiary/aromatic N) is 1. The molecule has 9 nitrogen and oxygen atoms in total. The number of hydrogen-bond donors (Lipinski definition) is 1. The Labute approximate surface area is 458 Å². The number of phosphoric ester groups is 1. The summed E-state index contributed by atoms with van der Waals surface area (Å²) >= 11 is 0. The first-order chi connectivity index (χ1) is 35.9. The maximum absolute atomic E-state index is 13.5. The maximum atomic E-state index is 13.5. The Bertz CT molecular complexity index is 1450. The number of rotatable bonds is 56. The van der Waals surface area contributed by atoms with Crippen LogP contribution in [0.2, 0.25) is 0 Å². The van der Waals surface area contributed by atoms with Crippen LogP contribution in [-0.4, -0.2) is 69.4 Å². The van der Waals surface area contributed by atoms with E-state index in [0.717, 1.165) is 96.3 Å². The highest BCUT2D eigenvalue weighted by molar-refractivity contribution is 7.45. The molecule has 0 bridgehead atoms. The Kier molecular flexibility index (Phi) is 52.4. The van der Waals surface area contributed by atoms with Gasteiger partial charge in [-0.15, -0.1) is 0 Å². The van der Waals surface area contributed by atoms with Crippen molar-refractivity contribution in [2.24, 2.45) is 0 Å². The highest BCUT2D eigenvalue weighted by atomic mass is 31.2. The molecule has 432 valence electrons. The van der Waals surface area contributed by atoms with Crippen molar-refractivity contribution in [3.05, 3.63) is 60.8 Å². The molecule has 0 aliphatic heterocycles.